The van der Waals surface area contributed by atoms with E-state index in [-0.39, 0.29) is 5.91 Å². The molecule has 6 heteroatoms. The lowest BCUT2D eigenvalue weighted by molar-refractivity contribution is 0.0784. The Labute approximate surface area is 122 Å². The van der Waals surface area contributed by atoms with Crippen LogP contribution in [0.1, 0.15) is 38.2 Å². The Morgan fingerprint density at radius 1 is 1.45 bits per heavy atom. The number of aromatic nitrogens is 3. The van der Waals surface area contributed by atoms with Crippen LogP contribution in [-0.2, 0) is 19.5 Å². The highest BCUT2D eigenvalue weighted by Crippen LogP contribution is 2.22. The second-order valence-corrected chi connectivity index (χ2v) is 6.56. The summed E-state index contributed by atoms with van der Waals surface area (Å²) < 4.78 is 2.13. The van der Waals surface area contributed by atoms with Gasteiger partial charge in [-0.25, -0.2) is 0 Å². The van der Waals surface area contributed by atoms with Crippen LogP contribution in [0.2, 0.25) is 0 Å². The van der Waals surface area contributed by atoms with Crippen molar-refractivity contribution in [1.29, 1.82) is 0 Å². The van der Waals surface area contributed by atoms with Gasteiger partial charge in [-0.1, -0.05) is 0 Å². The average molecular weight is 290 g/mol. The summed E-state index contributed by atoms with van der Waals surface area (Å²) in [6.07, 6.45) is 2.12. The van der Waals surface area contributed by atoms with Crippen LogP contribution >= 0.6 is 11.3 Å². The van der Waals surface area contributed by atoms with Gasteiger partial charge in [0.2, 0.25) is 0 Å². The maximum absolute atomic E-state index is 12.4. The van der Waals surface area contributed by atoms with Crippen molar-refractivity contribution in [2.75, 3.05) is 7.05 Å². The van der Waals surface area contributed by atoms with E-state index < -0.39 is 0 Å². The molecule has 1 aliphatic heterocycles. The third kappa shape index (κ3) is 2.24. The van der Waals surface area contributed by atoms with Crippen molar-refractivity contribution in [2.24, 2.45) is 0 Å². The van der Waals surface area contributed by atoms with Crippen molar-refractivity contribution in [1.82, 2.24) is 19.7 Å². The second kappa shape index (κ2) is 5.01. The van der Waals surface area contributed by atoms with Crippen LogP contribution in [0, 0.1) is 13.8 Å². The summed E-state index contributed by atoms with van der Waals surface area (Å²) in [5, 5.41) is 8.38. The Morgan fingerprint density at radius 3 is 2.95 bits per heavy atom. The number of hydrogen-bond donors (Lipinski definition) is 0. The molecular weight excluding hydrogens is 272 g/mol. The molecule has 5 nitrogen and oxygen atoms in total. The predicted octanol–water partition coefficient (Wildman–Crippen LogP) is 2.17. The van der Waals surface area contributed by atoms with E-state index in [4.69, 9.17) is 0 Å². The maximum atomic E-state index is 12.4. The van der Waals surface area contributed by atoms with Gasteiger partial charge in [-0.05, 0) is 31.9 Å². The fraction of sp³-hybridized carbons (Fsp3) is 0.500. The number of nitrogens with zero attached hydrogens (tertiary/aromatic N) is 4. The van der Waals surface area contributed by atoms with Crippen molar-refractivity contribution in [3.8, 4) is 0 Å². The molecule has 0 saturated heterocycles. The van der Waals surface area contributed by atoms with Crippen LogP contribution in [0.25, 0.3) is 0 Å². The minimum absolute atomic E-state index is 0.0570. The van der Waals surface area contributed by atoms with Gasteiger partial charge in [0.1, 0.15) is 5.82 Å². The zero-order valence-corrected chi connectivity index (χ0v) is 12.8. The second-order valence-electron chi connectivity index (χ2n) is 5.30. The van der Waals surface area contributed by atoms with Crippen molar-refractivity contribution in [3.63, 3.8) is 0 Å². The Hall–Kier alpha value is -1.69. The average Bonchev–Trinajstić information content (AvgIpc) is 3.08. The summed E-state index contributed by atoms with van der Waals surface area (Å²) in [4.78, 5) is 16.1. The minimum atomic E-state index is 0.0570. The van der Waals surface area contributed by atoms with E-state index in [1.807, 2.05) is 27.0 Å². The molecule has 2 aromatic heterocycles. The van der Waals surface area contributed by atoms with E-state index in [9.17, 15) is 4.79 Å². The van der Waals surface area contributed by atoms with Crippen LogP contribution in [0.4, 0.5) is 0 Å². The van der Waals surface area contributed by atoms with E-state index in [0.29, 0.717) is 6.54 Å². The molecule has 0 N–H and O–H groups in total. The number of aryl methyl sites for hydroxylation is 3. The minimum Gasteiger partial charge on any atom is -0.333 e. The first-order valence-electron chi connectivity index (χ1n) is 6.79. The van der Waals surface area contributed by atoms with E-state index in [1.165, 1.54) is 10.4 Å². The van der Waals surface area contributed by atoms with E-state index in [2.05, 4.69) is 14.8 Å². The first-order valence-corrected chi connectivity index (χ1v) is 7.61. The van der Waals surface area contributed by atoms with Crippen molar-refractivity contribution < 1.29 is 4.79 Å². The number of fused-ring (bicyclic) bond motifs is 1. The topological polar surface area (TPSA) is 51.0 Å². The van der Waals surface area contributed by atoms with Crippen molar-refractivity contribution in [3.05, 3.63) is 33.0 Å². The van der Waals surface area contributed by atoms with Gasteiger partial charge in [0.15, 0.2) is 5.82 Å². The van der Waals surface area contributed by atoms with Crippen LogP contribution in [0.3, 0.4) is 0 Å². The Bertz CT molecular complexity index is 639. The molecule has 20 heavy (non-hydrogen) atoms. The number of carbonyl (C=O) groups excluding carboxylic acids is 1. The molecule has 0 spiro atoms. The van der Waals surface area contributed by atoms with Gasteiger partial charge in [-0.2, -0.15) is 0 Å². The highest BCUT2D eigenvalue weighted by Gasteiger charge is 2.21. The first-order chi connectivity index (χ1) is 9.56. The maximum Gasteiger partial charge on any atom is 0.264 e. The Balaban J connectivity index is 1.75. The zero-order valence-electron chi connectivity index (χ0n) is 12.0. The third-order valence-electron chi connectivity index (χ3n) is 3.79. The number of hydrogen-bond acceptors (Lipinski definition) is 4. The number of thiophene rings is 1. The van der Waals surface area contributed by atoms with Gasteiger partial charge < -0.3 is 9.47 Å². The Kier molecular flexibility index (Phi) is 3.33. The fourth-order valence-electron chi connectivity index (χ4n) is 2.48. The van der Waals surface area contributed by atoms with Crippen LogP contribution in [-0.4, -0.2) is 32.6 Å². The number of carbonyl (C=O) groups is 1. The standard InChI is InChI=1S/C14H18N4OS/c1-9-7-11(20-10(9)2)14(19)17(3)8-13-16-15-12-5-4-6-18(12)13/h7H,4-6,8H2,1-3H3. The molecule has 3 heterocycles. The summed E-state index contributed by atoms with van der Waals surface area (Å²) in [5.41, 5.74) is 1.18. The first kappa shape index (κ1) is 13.3. The number of rotatable bonds is 3. The smallest absolute Gasteiger partial charge is 0.264 e. The lowest BCUT2D eigenvalue weighted by Crippen LogP contribution is -2.27. The number of amides is 1. The fourth-order valence-corrected chi connectivity index (χ4v) is 3.51. The molecule has 0 atom stereocenters. The highest BCUT2D eigenvalue weighted by molar-refractivity contribution is 7.14. The van der Waals surface area contributed by atoms with Gasteiger partial charge in [0, 0.05) is 24.9 Å². The van der Waals surface area contributed by atoms with Gasteiger partial charge in [0.25, 0.3) is 5.91 Å². The van der Waals surface area contributed by atoms with Crippen molar-refractivity contribution in [2.45, 2.75) is 39.8 Å². The molecule has 0 aromatic carbocycles. The summed E-state index contributed by atoms with van der Waals surface area (Å²) in [6, 6.07) is 1.97. The molecule has 0 bridgehead atoms. The van der Waals surface area contributed by atoms with E-state index in [1.54, 1.807) is 16.2 Å². The van der Waals surface area contributed by atoms with E-state index >= 15 is 0 Å². The van der Waals surface area contributed by atoms with Gasteiger partial charge in [-0.15, -0.1) is 21.5 Å². The summed E-state index contributed by atoms with van der Waals surface area (Å²) in [5.74, 6) is 1.99. The van der Waals surface area contributed by atoms with E-state index in [0.717, 1.165) is 35.9 Å². The van der Waals surface area contributed by atoms with Gasteiger partial charge >= 0.3 is 0 Å². The Morgan fingerprint density at radius 2 is 2.25 bits per heavy atom. The van der Waals surface area contributed by atoms with Crippen LogP contribution < -0.4 is 0 Å². The lowest BCUT2D eigenvalue weighted by Gasteiger charge is -2.15. The molecule has 0 saturated carbocycles. The molecule has 0 unspecified atom stereocenters. The quantitative estimate of drug-likeness (QED) is 0.870. The zero-order chi connectivity index (χ0) is 14.3. The SMILES string of the molecule is Cc1cc(C(=O)N(C)Cc2nnc3n2CCC3)sc1C. The predicted molar refractivity (Wildman–Crippen MR) is 77.9 cm³/mol. The van der Waals surface area contributed by atoms with Crippen LogP contribution in [0.15, 0.2) is 6.07 Å². The van der Waals surface area contributed by atoms with Gasteiger partial charge in [-0.3, -0.25) is 4.79 Å². The molecule has 0 fully saturated rings. The molecule has 1 aliphatic rings. The molecule has 106 valence electrons. The highest BCUT2D eigenvalue weighted by atomic mass is 32.1. The molecule has 0 aliphatic carbocycles. The molecule has 0 radical (unpaired) electrons. The molecule has 1 amide bonds. The molecular formula is C14H18N4OS. The molecule has 3 rings (SSSR count). The summed E-state index contributed by atoms with van der Waals surface area (Å²) in [6.45, 7) is 5.56. The largest absolute Gasteiger partial charge is 0.333 e. The lowest BCUT2D eigenvalue weighted by atomic mass is 10.3. The monoisotopic (exact) mass is 290 g/mol. The van der Waals surface area contributed by atoms with Gasteiger partial charge in [0.05, 0.1) is 11.4 Å². The normalized spacial score (nSPS) is 13.6. The molecule has 2 aromatic rings. The van der Waals surface area contributed by atoms with Crippen molar-refractivity contribution >= 4 is 17.2 Å². The third-order valence-corrected chi connectivity index (χ3v) is 4.93. The van der Waals surface area contributed by atoms with Crippen LogP contribution in [0.5, 0.6) is 0 Å². The summed E-state index contributed by atoms with van der Waals surface area (Å²) in [7, 11) is 1.82. The summed E-state index contributed by atoms with van der Waals surface area (Å²) >= 11 is 1.55.